The molecule has 0 radical (unpaired) electrons. The number of hydrogen-bond acceptors (Lipinski definition) is 8. The summed E-state index contributed by atoms with van der Waals surface area (Å²) >= 11 is 1.40. The highest BCUT2D eigenvalue weighted by atomic mass is 32.1. The molecule has 30 heavy (non-hydrogen) atoms. The van der Waals surface area contributed by atoms with Crippen LogP contribution in [-0.2, 0) is 10.3 Å². The summed E-state index contributed by atoms with van der Waals surface area (Å²) in [7, 11) is 1.65. The summed E-state index contributed by atoms with van der Waals surface area (Å²) in [4.78, 5) is 25.0. The van der Waals surface area contributed by atoms with Crippen molar-refractivity contribution in [3.05, 3.63) is 30.4 Å². The molecule has 0 saturated carbocycles. The van der Waals surface area contributed by atoms with E-state index in [1.165, 1.54) is 11.3 Å². The van der Waals surface area contributed by atoms with E-state index in [1.807, 2.05) is 19.1 Å². The van der Waals surface area contributed by atoms with Crippen LogP contribution in [0.4, 0.5) is 15.6 Å². The predicted molar refractivity (Wildman–Crippen MR) is 119 cm³/mol. The Labute approximate surface area is 178 Å². The summed E-state index contributed by atoms with van der Waals surface area (Å²) in [6, 6.07) is 3.64. The fourth-order valence-electron chi connectivity index (χ4n) is 2.79. The zero-order chi connectivity index (χ0) is 21.7. The Morgan fingerprint density at radius 1 is 1.27 bits per heavy atom. The molecule has 9 nitrogen and oxygen atoms in total. The van der Waals surface area contributed by atoms with Gasteiger partial charge in [-0.2, -0.15) is 0 Å². The zero-order valence-electron chi connectivity index (χ0n) is 17.4. The van der Waals surface area contributed by atoms with E-state index in [9.17, 15) is 9.90 Å². The first-order valence-electron chi connectivity index (χ1n) is 9.59. The molecule has 4 N–H and O–H groups in total. The molecular formula is C20H26N6O3S. The lowest BCUT2D eigenvalue weighted by Gasteiger charge is -2.16. The van der Waals surface area contributed by atoms with Crippen molar-refractivity contribution in [2.45, 2.75) is 26.4 Å². The molecule has 0 fully saturated rings. The predicted octanol–water partition coefficient (Wildman–Crippen LogP) is 3.18. The maximum absolute atomic E-state index is 11.8. The molecule has 0 aliphatic rings. The third kappa shape index (κ3) is 5.21. The second-order valence-corrected chi connectivity index (χ2v) is 8.17. The van der Waals surface area contributed by atoms with Gasteiger partial charge in [0.1, 0.15) is 5.60 Å². The van der Waals surface area contributed by atoms with Crippen LogP contribution in [0, 0.1) is 0 Å². The van der Waals surface area contributed by atoms with Gasteiger partial charge in [-0.3, -0.25) is 5.32 Å². The van der Waals surface area contributed by atoms with Crippen molar-refractivity contribution in [3.8, 4) is 11.1 Å². The van der Waals surface area contributed by atoms with Gasteiger partial charge in [-0.1, -0.05) is 11.3 Å². The molecule has 2 heterocycles. The number of fused-ring (bicyclic) bond motifs is 1. The van der Waals surface area contributed by atoms with E-state index < -0.39 is 5.60 Å². The van der Waals surface area contributed by atoms with Crippen LogP contribution in [0.3, 0.4) is 0 Å². The third-order valence-corrected chi connectivity index (χ3v) is 5.15. The van der Waals surface area contributed by atoms with Crippen molar-refractivity contribution in [1.29, 1.82) is 0 Å². The van der Waals surface area contributed by atoms with Gasteiger partial charge in [0.25, 0.3) is 0 Å². The lowest BCUT2D eigenvalue weighted by atomic mass is 10.1. The monoisotopic (exact) mass is 430 g/mol. The molecule has 0 unspecified atom stereocenters. The van der Waals surface area contributed by atoms with E-state index in [1.54, 1.807) is 33.4 Å². The topological polar surface area (TPSA) is 121 Å². The highest BCUT2D eigenvalue weighted by Gasteiger charge is 2.20. The minimum atomic E-state index is -1.11. The van der Waals surface area contributed by atoms with Gasteiger partial charge in [0.2, 0.25) is 0 Å². The third-order valence-electron chi connectivity index (χ3n) is 4.22. The van der Waals surface area contributed by atoms with Crippen LogP contribution < -0.4 is 16.0 Å². The van der Waals surface area contributed by atoms with Gasteiger partial charge >= 0.3 is 6.03 Å². The number of thiazole rings is 1. The smallest absolute Gasteiger partial charge is 0.321 e. The molecule has 160 valence electrons. The van der Waals surface area contributed by atoms with Gasteiger partial charge in [-0.05, 0) is 32.9 Å². The van der Waals surface area contributed by atoms with Gasteiger partial charge in [0.05, 0.1) is 16.8 Å². The van der Waals surface area contributed by atoms with Crippen LogP contribution in [0.5, 0.6) is 0 Å². The Hall–Kier alpha value is -2.82. The molecule has 10 heteroatoms. The average Bonchev–Trinajstić information content (AvgIpc) is 3.08. The number of hydrogen-bond donors (Lipinski definition) is 4. The fourth-order valence-corrected chi connectivity index (χ4v) is 3.67. The number of carbonyl (C=O) groups excluding carboxylic acids is 1. The molecule has 3 rings (SSSR count). The first-order chi connectivity index (χ1) is 14.3. The summed E-state index contributed by atoms with van der Waals surface area (Å²) in [6.45, 7) is 6.86. The van der Waals surface area contributed by atoms with E-state index in [0.717, 1.165) is 27.0 Å². The number of aliphatic hydroxyl groups is 1. The van der Waals surface area contributed by atoms with Crippen molar-refractivity contribution in [1.82, 2.24) is 20.3 Å². The number of ether oxygens (including phenoxy) is 1. The highest BCUT2D eigenvalue weighted by Crippen LogP contribution is 2.36. The number of carbonyl (C=O) groups is 1. The maximum atomic E-state index is 11.8. The Morgan fingerprint density at radius 2 is 2.00 bits per heavy atom. The average molecular weight is 431 g/mol. The van der Waals surface area contributed by atoms with Crippen LogP contribution >= 0.6 is 11.3 Å². The molecule has 2 aromatic heterocycles. The number of aromatic nitrogens is 3. The van der Waals surface area contributed by atoms with Gasteiger partial charge in [0, 0.05) is 49.4 Å². The van der Waals surface area contributed by atoms with Crippen LogP contribution in [0.1, 0.15) is 26.6 Å². The van der Waals surface area contributed by atoms with Crippen molar-refractivity contribution < 1.29 is 14.6 Å². The Kier molecular flexibility index (Phi) is 6.80. The molecule has 3 aromatic rings. The number of nitrogens with zero attached hydrogens (tertiary/aromatic N) is 3. The molecule has 2 amide bonds. The van der Waals surface area contributed by atoms with E-state index in [2.05, 4.69) is 30.9 Å². The van der Waals surface area contributed by atoms with Crippen LogP contribution in [0.2, 0.25) is 0 Å². The SMILES string of the molecule is CCNC(=O)Nc1nc2cc(-c3cnc(C(C)(C)O)nc3)c(NCCOC)cc2s1. The lowest BCUT2D eigenvalue weighted by Crippen LogP contribution is -2.28. The van der Waals surface area contributed by atoms with Crippen molar-refractivity contribution in [2.24, 2.45) is 0 Å². The molecule has 0 bridgehead atoms. The molecule has 0 saturated heterocycles. The van der Waals surface area contributed by atoms with Gasteiger partial charge in [0.15, 0.2) is 11.0 Å². The minimum Gasteiger partial charge on any atom is -0.383 e. The summed E-state index contributed by atoms with van der Waals surface area (Å²) < 4.78 is 6.07. The highest BCUT2D eigenvalue weighted by molar-refractivity contribution is 7.22. The summed E-state index contributed by atoms with van der Waals surface area (Å²) in [5, 5.41) is 19.4. The molecule has 0 aliphatic carbocycles. The molecule has 0 aliphatic heterocycles. The normalized spacial score (nSPS) is 11.5. The summed E-state index contributed by atoms with van der Waals surface area (Å²) in [6.07, 6.45) is 3.37. The number of methoxy groups -OCH3 is 1. The molecule has 0 spiro atoms. The standard InChI is InChI=1S/C20H26N6O3S/c1-5-21-18(27)26-19-25-15-8-13(12-10-23-17(24-11-12)20(2,3)28)14(9-16(15)30-19)22-6-7-29-4/h8-11,22,28H,5-7H2,1-4H3,(H2,21,25,26,27). The summed E-state index contributed by atoms with van der Waals surface area (Å²) in [5.41, 5.74) is 2.18. The number of urea groups is 1. The largest absolute Gasteiger partial charge is 0.383 e. The van der Waals surface area contributed by atoms with Crippen molar-refractivity contribution in [3.63, 3.8) is 0 Å². The zero-order valence-corrected chi connectivity index (χ0v) is 18.3. The van der Waals surface area contributed by atoms with Crippen molar-refractivity contribution in [2.75, 3.05) is 37.4 Å². The maximum Gasteiger partial charge on any atom is 0.321 e. The summed E-state index contributed by atoms with van der Waals surface area (Å²) in [5.74, 6) is 0.350. The quantitative estimate of drug-likeness (QED) is 0.405. The number of benzene rings is 1. The minimum absolute atomic E-state index is 0.286. The van der Waals surface area contributed by atoms with E-state index in [-0.39, 0.29) is 6.03 Å². The van der Waals surface area contributed by atoms with Crippen LogP contribution in [0.25, 0.3) is 21.3 Å². The molecule has 1 aromatic carbocycles. The number of amides is 2. The van der Waals surface area contributed by atoms with E-state index in [0.29, 0.717) is 30.7 Å². The first-order valence-corrected chi connectivity index (χ1v) is 10.4. The Bertz CT molecular complexity index is 1010. The first kappa shape index (κ1) is 21.9. The van der Waals surface area contributed by atoms with Crippen molar-refractivity contribution >= 4 is 38.4 Å². The second kappa shape index (κ2) is 9.33. The van der Waals surface area contributed by atoms with E-state index >= 15 is 0 Å². The Morgan fingerprint density at radius 3 is 2.63 bits per heavy atom. The molecule has 0 atom stereocenters. The van der Waals surface area contributed by atoms with Gasteiger partial charge in [-0.25, -0.2) is 19.7 Å². The van der Waals surface area contributed by atoms with Crippen LogP contribution in [0.15, 0.2) is 24.5 Å². The van der Waals surface area contributed by atoms with Crippen LogP contribution in [-0.4, -0.2) is 52.9 Å². The lowest BCUT2D eigenvalue weighted by molar-refractivity contribution is 0.0687. The fraction of sp³-hybridized carbons (Fsp3) is 0.400. The second-order valence-electron chi connectivity index (χ2n) is 7.14. The van der Waals surface area contributed by atoms with Gasteiger partial charge < -0.3 is 20.5 Å². The van der Waals surface area contributed by atoms with Gasteiger partial charge in [-0.15, -0.1) is 0 Å². The number of anilines is 2. The number of rotatable bonds is 8. The Balaban J connectivity index is 1.99. The number of nitrogens with one attached hydrogen (secondary N) is 3. The van der Waals surface area contributed by atoms with E-state index in [4.69, 9.17) is 4.74 Å². The molecular weight excluding hydrogens is 404 g/mol.